The van der Waals surface area contributed by atoms with Gasteiger partial charge in [0.05, 0.1) is 5.69 Å². The van der Waals surface area contributed by atoms with Gasteiger partial charge in [-0.3, -0.25) is 4.98 Å². The lowest BCUT2D eigenvalue weighted by atomic mass is 10.0. The molecular weight excluding hydrogens is 270 g/mol. The van der Waals surface area contributed by atoms with E-state index in [1.165, 1.54) is 6.92 Å². The van der Waals surface area contributed by atoms with Crippen LogP contribution in [0.4, 0.5) is 0 Å². The molecule has 4 aromatic rings. The summed E-state index contributed by atoms with van der Waals surface area (Å²) in [6.07, 6.45) is 1.55. The largest absolute Gasteiger partial charge is 0.455 e. The van der Waals surface area contributed by atoms with Crippen molar-refractivity contribution < 1.29 is 9.90 Å². The third-order valence-electron chi connectivity index (χ3n) is 3.87. The summed E-state index contributed by atoms with van der Waals surface area (Å²) in [6, 6.07) is 16.9. The summed E-state index contributed by atoms with van der Waals surface area (Å²) >= 11 is 0. The number of furan rings is 1. The SMILES string of the molecule is [2H]C([2H])([2H])C([2H])(C)c1ccnc(-c2cccc3c2oc2ccccc23)c1. The van der Waals surface area contributed by atoms with Gasteiger partial charge >= 0.3 is 0 Å². The van der Waals surface area contributed by atoms with E-state index in [4.69, 9.17) is 9.90 Å². The first kappa shape index (κ1) is 9.42. The van der Waals surface area contributed by atoms with Gasteiger partial charge in [-0.15, -0.1) is 0 Å². The summed E-state index contributed by atoms with van der Waals surface area (Å²) in [5, 5.41) is 2.00. The minimum absolute atomic E-state index is 0.399. The molecule has 0 spiro atoms. The third kappa shape index (κ3) is 2.00. The molecule has 1 unspecified atom stereocenters. The van der Waals surface area contributed by atoms with E-state index in [0.717, 1.165) is 21.9 Å². The molecule has 22 heavy (non-hydrogen) atoms. The molecule has 0 aliphatic heterocycles. The van der Waals surface area contributed by atoms with Crippen LogP contribution in [0.15, 0.2) is 65.2 Å². The zero-order valence-corrected chi connectivity index (χ0v) is 12.1. The van der Waals surface area contributed by atoms with E-state index in [2.05, 4.69) is 4.98 Å². The molecule has 0 aliphatic rings. The van der Waals surface area contributed by atoms with Gasteiger partial charge in [0.1, 0.15) is 11.2 Å². The van der Waals surface area contributed by atoms with E-state index in [-0.39, 0.29) is 0 Å². The number of pyridine rings is 1. The number of hydrogen-bond acceptors (Lipinski definition) is 2. The summed E-state index contributed by atoms with van der Waals surface area (Å²) in [5.74, 6) is -1.72. The number of fused-ring (bicyclic) bond motifs is 3. The normalized spacial score (nSPS) is 17.5. The Morgan fingerprint density at radius 1 is 1.09 bits per heavy atom. The van der Waals surface area contributed by atoms with Crippen LogP contribution in [0.3, 0.4) is 0 Å². The summed E-state index contributed by atoms with van der Waals surface area (Å²) in [5.41, 5.74) is 3.27. The van der Waals surface area contributed by atoms with Crippen LogP contribution in [0.5, 0.6) is 0 Å². The molecule has 0 bridgehead atoms. The van der Waals surface area contributed by atoms with Crippen molar-refractivity contribution in [2.75, 3.05) is 0 Å². The number of hydrogen-bond donors (Lipinski definition) is 0. The molecule has 2 aromatic carbocycles. The first-order valence-electron chi connectivity index (χ1n) is 9.16. The molecule has 0 aliphatic carbocycles. The van der Waals surface area contributed by atoms with Crippen LogP contribution in [0.1, 0.15) is 30.7 Å². The minimum atomic E-state index is -2.43. The van der Waals surface area contributed by atoms with Crippen LogP contribution in [0.25, 0.3) is 33.2 Å². The molecular formula is C20H17NO. The van der Waals surface area contributed by atoms with Crippen molar-refractivity contribution in [3.05, 3.63) is 66.4 Å². The average Bonchev–Trinajstić information content (AvgIpc) is 2.99. The predicted octanol–water partition coefficient (Wildman–Crippen LogP) is 5.77. The van der Waals surface area contributed by atoms with Crippen molar-refractivity contribution in [1.82, 2.24) is 4.98 Å². The Kier molecular flexibility index (Phi) is 2.13. The fourth-order valence-corrected chi connectivity index (χ4v) is 2.76. The van der Waals surface area contributed by atoms with E-state index < -0.39 is 12.7 Å². The van der Waals surface area contributed by atoms with Crippen LogP contribution in [0.2, 0.25) is 0 Å². The molecule has 0 fully saturated rings. The van der Waals surface area contributed by atoms with Crippen molar-refractivity contribution >= 4 is 21.9 Å². The number of aromatic nitrogens is 1. The molecule has 0 N–H and O–H groups in total. The first-order chi connectivity index (χ1) is 12.3. The van der Waals surface area contributed by atoms with Crippen LogP contribution in [-0.4, -0.2) is 4.98 Å². The van der Waals surface area contributed by atoms with E-state index in [1.54, 1.807) is 18.3 Å². The summed E-state index contributed by atoms with van der Waals surface area (Å²) in [6.45, 7) is -1.03. The molecule has 1 atom stereocenters. The standard InChI is InChI=1S/C20H17NO/c1-13(2)14-10-11-21-18(12-14)17-8-5-7-16-15-6-3-4-9-19(15)22-20(16)17/h3-13H,1-2H3/i1D3,13D. The maximum Gasteiger partial charge on any atom is 0.144 e. The monoisotopic (exact) mass is 291 g/mol. The van der Waals surface area contributed by atoms with Crippen molar-refractivity contribution in [2.24, 2.45) is 0 Å². The fourth-order valence-electron chi connectivity index (χ4n) is 2.76. The fraction of sp³-hybridized carbons (Fsp3) is 0.150. The lowest BCUT2D eigenvalue weighted by molar-refractivity contribution is 0.670. The zero-order chi connectivity index (χ0) is 18.5. The summed E-state index contributed by atoms with van der Waals surface area (Å²) in [4.78, 5) is 4.40. The lowest BCUT2D eigenvalue weighted by Crippen LogP contribution is -1.90. The minimum Gasteiger partial charge on any atom is -0.455 e. The maximum absolute atomic E-state index is 8.31. The molecule has 0 amide bonds. The predicted molar refractivity (Wildman–Crippen MR) is 91.0 cm³/mol. The Labute approximate surface area is 135 Å². The smallest absolute Gasteiger partial charge is 0.144 e. The van der Waals surface area contributed by atoms with Gasteiger partial charge in [-0.25, -0.2) is 0 Å². The highest BCUT2D eigenvalue weighted by molar-refractivity contribution is 6.09. The molecule has 2 nitrogen and oxygen atoms in total. The maximum atomic E-state index is 8.31. The van der Waals surface area contributed by atoms with Gasteiger partial charge in [0.25, 0.3) is 0 Å². The molecule has 2 heterocycles. The van der Waals surface area contributed by atoms with Crippen LogP contribution in [-0.2, 0) is 0 Å². The van der Waals surface area contributed by atoms with Gasteiger partial charge in [-0.05, 0) is 35.7 Å². The molecule has 2 aromatic heterocycles. The number of nitrogens with zero attached hydrogens (tertiary/aromatic N) is 1. The second-order valence-electron chi connectivity index (χ2n) is 5.34. The third-order valence-corrected chi connectivity index (χ3v) is 3.87. The van der Waals surface area contributed by atoms with E-state index in [0.29, 0.717) is 16.8 Å². The van der Waals surface area contributed by atoms with Crippen LogP contribution >= 0.6 is 0 Å². The highest BCUT2D eigenvalue weighted by Crippen LogP contribution is 2.35. The molecule has 108 valence electrons. The molecule has 2 heteroatoms. The van der Waals surface area contributed by atoms with Gasteiger partial charge in [0, 0.05) is 28.0 Å². The second-order valence-corrected chi connectivity index (χ2v) is 5.34. The van der Waals surface area contributed by atoms with Crippen molar-refractivity contribution in [3.8, 4) is 11.3 Å². The van der Waals surface area contributed by atoms with E-state index in [1.807, 2.05) is 42.5 Å². The average molecular weight is 291 g/mol. The Morgan fingerprint density at radius 2 is 1.95 bits per heavy atom. The number of rotatable bonds is 2. The van der Waals surface area contributed by atoms with E-state index >= 15 is 0 Å². The van der Waals surface area contributed by atoms with E-state index in [9.17, 15) is 0 Å². The number of benzene rings is 2. The Balaban J connectivity index is 1.93. The second kappa shape index (κ2) is 4.99. The molecule has 4 rings (SSSR count). The number of para-hydroxylation sites is 2. The molecule has 0 saturated heterocycles. The van der Waals surface area contributed by atoms with Gasteiger partial charge in [-0.1, -0.05) is 44.1 Å². The van der Waals surface area contributed by atoms with Gasteiger partial charge in [-0.2, -0.15) is 0 Å². The molecule has 0 saturated carbocycles. The molecule has 0 radical (unpaired) electrons. The Morgan fingerprint density at radius 3 is 2.86 bits per heavy atom. The van der Waals surface area contributed by atoms with Crippen molar-refractivity contribution in [3.63, 3.8) is 0 Å². The Bertz CT molecular complexity index is 1110. The highest BCUT2D eigenvalue weighted by Gasteiger charge is 2.13. The van der Waals surface area contributed by atoms with Gasteiger partial charge < -0.3 is 4.42 Å². The Hall–Kier alpha value is -2.61. The lowest BCUT2D eigenvalue weighted by Gasteiger charge is -2.07. The van der Waals surface area contributed by atoms with Crippen molar-refractivity contribution in [1.29, 1.82) is 0 Å². The zero-order valence-electron chi connectivity index (χ0n) is 16.1. The van der Waals surface area contributed by atoms with Crippen molar-refractivity contribution in [2.45, 2.75) is 19.7 Å². The quantitative estimate of drug-likeness (QED) is 0.468. The van der Waals surface area contributed by atoms with Crippen LogP contribution < -0.4 is 0 Å². The first-order valence-corrected chi connectivity index (χ1v) is 7.16. The summed E-state index contributed by atoms with van der Waals surface area (Å²) < 4.78 is 37.3. The topological polar surface area (TPSA) is 26.0 Å². The highest BCUT2D eigenvalue weighted by atomic mass is 16.3. The van der Waals surface area contributed by atoms with Gasteiger partial charge in [0.15, 0.2) is 0 Å². The summed E-state index contributed by atoms with van der Waals surface area (Å²) in [7, 11) is 0. The van der Waals surface area contributed by atoms with Crippen LogP contribution in [0, 0.1) is 0 Å². The van der Waals surface area contributed by atoms with Gasteiger partial charge in [0.2, 0.25) is 0 Å².